The van der Waals surface area contributed by atoms with E-state index in [0.717, 1.165) is 37.8 Å². The normalized spacial score (nSPS) is 24.6. The van der Waals surface area contributed by atoms with Gasteiger partial charge in [0.15, 0.2) is 0 Å². The zero-order valence-corrected chi connectivity index (χ0v) is 12.0. The first kappa shape index (κ1) is 14.1. The number of amides is 2. The molecule has 1 aromatic rings. The van der Waals surface area contributed by atoms with Crippen LogP contribution in [0.25, 0.3) is 0 Å². The summed E-state index contributed by atoms with van der Waals surface area (Å²) in [4.78, 5) is 23.9. The molecule has 5 heteroatoms. The molecule has 1 aromatic carbocycles. The summed E-state index contributed by atoms with van der Waals surface area (Å²) in [7, 11) is 0. The highest BCUT2D eigenvalue weighted by molar-refractivity contribution is 5.96. The van der Waals surface area contributed by atoms with Crippen molar-refractivity contribution in [2.45, 2.75) is 38.1 Å². The van der Waals surface area contributed by atoms with Crippen LogP contribution in [-0.2, 0) is 9.59 Å². The van der Waals surface area contributed by atoms with Crippen molar-refractivity contribution in [3.8, 4) is 0 Å². The minimum absolute atomic E-state index is 0.0225. The summed E-state index contributed by atoms with van der Waals surface area (Å²) in [5, 5.41) is 5.78. The maximum Gasteiger partial charge on any atom is 0.229 e. The van der Waals surface area contributed by atoms with E-state index in [1.807, 2.05) is 18.2 Å². The summed E-state index contributed by atoms with van der Waals surface area (Å²) < 4.78 is 0. The van der Waals surface area contributed by atoms with E-state index in [1.165, 1.54) is 0 Å². The van der Waals surface area contributed by atoms with Crippen molar-refractivity contribution in [1.29, 1.82) is 0 Å². The molecule has 0 spiro atoms. The van der Waals surface area contributed by atoms with Gasteiger partial charge in [-0.1, -0.05) is 12.5 Å². The van der Waals surface area contributed by atoms with Crippen LogP contribution < -0.4 is 16.4 Å². The first-order valence-corrected chi connectivity index (χ1v) is 7.61. The Morgan fingerprint density at radius 1 is 1.00 bits per heavy atom. The number of anilines is 2. The molecule has 112 valence electrons. The lowest BCUT2D eigenvalue weighted by molar-refractivity contribution is -0.120. The van der Waals surface area contributed by atoms with Gasteiger partial charge in [-0.25, -0.2) is 0 Å². The van der Waals surface area contributed by atoms with Crippen molar-refractivity contribution in [2.24, 2.45) is 17.6 Å². The number of nitrogens with two attached hydrogens (primary N) is 1. The van der Waals surface area contributed by atoms with Crippen molar-refractivity contribution < 1.29 is 9.59 Å². The maximum atomic E-state index is 12.2. The number of carbonyl (C=O) groups is 2. The molecule has 2 amide bonds. The molecule has 2 atom stereocenters. The summed E-state index contributed by atoms with van der Waals surface area (Å²) in [5.41, 5.74) is 7.38. The van der Waals surface area contributed by atoms with Crippen LogP contribution in [-0.4, -0.2) is 17.9 Å². The molecule has 2 fully saturated rings. The SMILES string of the molecule is NC1CCCC1C(=O)Nc1cccc(NC(=O)C2CC2)c1. The van der Waals surface area contributed by atoms with E-state index < -0.39 is 0 Å². The molecular weight excluding hydrogens is 266 g/mol. The van der Waals surface area contributed by atoms with Gasteiger partial charge in [-0.2, -0.15) is 0 Å². The molecule has 0 radical (unpaired) electrons. The van der Waals surface area contributed by atoms with Crippen LogP contribution in [0.1, 0.15) is 32.1 Å². The summed E-state index contributed by atoms with van der Waals surface area (Å²) in [5.74, 6) is 0.108. The van der Waals surface area contributed by atoms with Gasteiger partial charge >= 0.3 is 0 Å². The largest absolute Gasteiger partial charge is 0.327 e. The molecule has 0 aromatic heterocycles. The maximum absolute atomic E-state index is 12.2. The van der Waals surface area contributed by atoms with Crippen LogP contribution in [0.5, 0.6) is 0 Å². The third-order valence-corrected chi connectivity index (χ3v) is 4.25. The fourth-order valence-corrected chi connectivity index (χ4v) is 2.81. The number of benzene rings is 1. The Bertz CT molecular complexity index is 554. The highest BCUT2D eigenvalue weighted by Gasteiger charge is 2.31. The van der Waals surface area contributed by atoms with Crippen LogP contribution in [0.15, 0.2) is 24.3 Å². The van der Waals surface area contributed by atoms with Crippen molar-refractivity contribution in [2.75, 3.05) is 10.6 Å². The van der Waals surface area contributed by atoms with E-state index in [0.29, 0.717) is 5.69 Å². The Labute approximate surface area is 124 Å². The Morgan fingerprint density at radius 3 is 2.24 bits per heavy atom. The average molecular weight is 287 g/mol. The molecule has 0 aliphatic heterocycles. The zero-order valence-electron chi connectivity index (χ0n) is 12.0. The number of hydrogen-bond donors (Lipinski definition) is 3. The highest BCUT2D eigenvalue weighted by Crippen LogP contribution is 2.30. The van der Waals surface area contributed by atoms with Crippen molar-refractivity contribution in [1.82, 2.24) is 0 Å². The molecule has 2 aliphatic rings. The van der Waals surface area contributed by atoms with E-state index in [2.05, 4.69) is 10.6 Å². The van der Waals surface area contributed by atoms with Crippen LogP contribution >= 0.6 is 0 Å². The van der Waals surface area contributed by atoms with Gasteiger partial charge in [0.2, 0.25) is 11.8 Å². The van der Waals surface area contributed by atoms with E-state index >= 15 is 0 Å². The molecule has 2 aliphatic carbocycles. The number of hydrogen-bond acceptors (Lipinski definition) is 3. The third-order valence-electron chi connectivity index (χ3n) is 4.25. The van der Waals surface area contributed by atoms with E-state index in [1.54, 1.807) is 6.07 Å². The van der Waals surface area contributed by atoms with Crippen LogP contribution in [0.3, 0.4) is 0 Å². The van der Waals surface area contributed by atoms with Gasteiger partial charge in [-0.3, -0.25) is 9.59 Å². The average Bonchev–Trinajstić information content (AvgIpc) is 3.21. The quantitative estimate of drug-likeness (QED) is 0.793. The fraction of sp³-hybridized carbons (Fsp3) is 0.500. The molecule has 0 heterocycles. The van der Waals surface area contributed by atoms with Gasteiger partial charge in [0.05, 0.1) is 5.92 Å². The van der Waals surface area contributed by atoms with Crippen LogP contribution in [0.2, 0.25) is 0 Å². The summed E-state index contributed by atoms with van der Waals surface area (Å²) in [6.45, 7) is 0. The molecular formula is C16H21N3O2. The lowest BCUT2D eigenvalue weighted by Crippen LogP contribution is -2.34. The third kappa shape index (κ3) is 3.42. The standard InChI is InChI=1S/C16H21N3O2/c17-14-6-2-5-13(14)16(21)19-12-4-1-3-11(9-12)18-15(20)10-7-8-10/h1,3-4,9-10,13-14H,2,5-8,17H2,(H,18,20)(H,19,21). The molecule has 5 nitrogen and oxygen atoms in total. The predicted molar refractivity (Wildman–Crippen MR) is 81.7 cm³/mol. The highest BCUT2D eigenvalue weighted by atomic mass is 16.2. The lowest BCUT2D eigenvalue weighted by Gasteiger charge is -2.15. The zero-order chi connectivity index (χ0) is 14.8. The summed E-state index contributed by atoms with van der Waals surface area (Å²) in [6.07, 6.45) is 4.72. The van der Waals surface area contributed by atoms with Crippen molar-refractivity contribution in [3.05, 3.63) is 24.3 Å². The van der Waals surface area contributed by atoms with Gasteiger partial charge in [-0.15, -0.1) is 0 Å². The molecule has 4 N–H and O–H groups in total. The van der Waals surface area contributed by atoms with Gasteiger partial charge in [0, 0.05) is 23.3 Å². The van der Waals surface area contributed by atoms with Gasteiger partial charge in [0.25, 0.3) is 0 Å². The molecule has 2 unspecified atom stereocenters. The van der Waals surface area contributed by atoms with E-state index in [4.69, 9.17) is 5.73 Å². The molecule has 0 bridgehead atoms. The van der Waals surface area contributed by atoms with E-state index in [-0.39, 0.29) is 29.7 Å². The lowest BCUT2D eigenvalue weighted by atomic mass is 10.0. The minimum atomic E-state index is -0.102. The summed E-state index contributed by atoms with van der Waals surface area (Å²) in [6, 6.07) is 7.23. The van der Waals surface area contributed by atoms with Crippen molar-refractivity contribution in [3.63, 3.8) is 0 Å². The second-order valence-electron chi connectivity index (χ2n) is 6.03. The first-order valence-electron chi connectivity index (χ1n) is 7.61. The van der Waals surface area contributed by atoms with Gasteiger partial charge < -0.3 is 16.4 Å². The van der Waals surface area contributed by atoms with Crippen LogP contribution in [0.4, 0.5) is 11.4 Å². The first-order chi connectivity index (χ1) is 10.1. The van der Waals surface area contributed by atoms with Crippen molar-refractivity contribution >= 4 is 23.2 Å². The van der Waals surface area contributed by atoms with Crippen LogP contribution in [0, 0.1) is 11.8 Å². The number of carbonyl (C=O) groups excluding carboxylic acids is 2. The fourth-order valence-electron chi connectivity index (χ4n) is 2.81. The van der Waals surface area contributed by atoms with Gasteiger partial charge in [0.1, 0.15) is 0 Å². The van der Waals surface area contributed by atoms with Gasteiger partial charge in [-0.05, 0) is 43.9 Å². The second kappa shape index (κ2) is 5.85. The Hall–Kier alpha value is -1.88. The molecule has 0 saturated heterocycles. The predicted octanol–water partition coefficient (Wildman–Crippen LogP) is 2.10. The molecule has 21 heavy (non-hydrogen) atoms. The Balaban J connectivity index is 1.62. The smallest absolute Gasteiger partial charge is 0.229 e. The molecule has 2 saturated carbocycles. The number of nitrogens with one attached hydrogen (secondary N) is 2. The second-order valence-corrected chi connectivity index (χ2v) is 6.03. The topological polar surface area (TPSA) is 84.2 Å². The minimum Gasteiger partial charge on any atom is -0.327 e. The monoisotopic (exact) mass is 287 g/mol. The Morgan fingerprint density at radius 2 is 1.67 bits per heavy atom. The number of rotatable bonds is 4. The summed E-state index contributed by atoms with van der Waals surface area (Å²) >= 11 is 0. The van der Waals surface area contributed by atoms with E-state index in [9.17, 15) is 9.59 Å². The molecule has 3 rings (SSSR count). The Kier molecular flexibility index (Phi) is 3.92.